The molecule has 7 nitrogen and oxygen atoms in total. The first-order valence-corrected chi connectivity index (χ1v) is 10.4. The minimum absolute atomic E-state index is 0.0692. The van der Waals surface area contributed by atoms with Crippen LogP contribution in [0, 0.1) is 13.8 Å². The van der Waals surface area contributed by atoms with E-state index in [4.69, 9.17) is 23.2 Å². The number of fused-ring (bicyclic) bond motifs is 1. The molecule has 0 spiro atoms. The number of ketones is 1. The summed E-state index contributed by atoms with van der Waals surface area (Å²) in [7, 11) is 0. The number of pyridine rings is 2. The zero-order valence-corrected chi connectivity index (χ0v) is 18.7. The number of halogens is 2. The number of Topliss-reactive ketones (excluding diaryl/α,β-unsaturated/α-hetero) is 1. The second-order valence-corrected chi connectivity index (χ2v) is 8.16. The molecule has 0 unspecified atom stereocenters. The van der Waals surface area contributed by atoms with Gasteiger partial charge in [-0.3, -0.25) is 9.59 Å². The highest BCUT2D eigenvalue weighted by Crippen LogP contribution is 2.23. The van der Waals surface area contributed by atoms with Crippen molar-refractivity contribution in [2.45, 2.75) is 20.4 Å². The van der Waals surface area contributed by atoms with Gasteiger partial charge in [0.1, 0.15) is 11.0 Å². The molecule has 0 fully saturated rings. The first-order chi connectivity index (χ1) is 15.3. The molecule has 4 aromatic rings. The van der Waals surface area contributed by atoms with Crippen molar-refractivity contribution in [3.63, 3.8) is 0 Å². The SMILES string of the molecule is Cc1cccc(C)c1Cn1cc(C(=O)C(=O)N=c2c(Cl)cn(O)cc2Cl)c2cccnc21. The van der Waals surface area contributed by atoms with Gasteiger partial charge in [0, 0.05) is 24.3 Å². The summed E-state index contributed by atoms with van der Waals surface area (Å²) < 4.78 is 2.49. The summed E-state index contributed by atoms with van der Waals surface area (Å²) in [5, 5.41) is 9.79. The Kier molecular flexibility index (Phi) is 5.86. The molecule has 3 heterocycles. The van der Waals surface area contributed by atoms with Crippen LogP contribution in [0.1, 0.15) is 27.0 Å². The Hall–Kier alpha value is -3.42. The molecule has 0 radical (unpaired) electrons. The molecule has 4 rings (SSSR count). The summed E-state index contributed by atoms with van der Waals surface area (Å²) >= 11 is 12.0. The normalized spacial score (nSPS) is 11.0. The van der Waals surface area contributed by atoms with Gasteiger partial charge in [0.15, 0.2) is 0 Å². The summed E-state index contributed by atoms with van der Waals surface area (Å²) in [5.41, 5.74) is 4.13. The topological polar surface area (TPSA) is 89.5 Å². The van der Waals surface area contributed by atoms with E-state index in [0.717, 1.165) is 29.1 Å². The number of benzene rings is 1. The second kappa shape index (κ2) is 8.61. The van der Waals surface area contributed by atoms with Gasteiger partial charge < -0.3 is 9.77 Å². The van der Waals surface area contributed by atoms with Crippen molar-refractivity contribution in [2.75, 3.05) is 0 Å². The van der Waals surface area contributed by atoms with Crippen molar-refractivity contribution in [3.05, 3.63) is 92.8 Å². The number of amides is 1. The number of carbonyl (C=O) groups excluding carboxylic acids is 2. The maximum atomic E-state index is 13.0. The van der Waals surface area contributed by atoms with E-state index in [-0.39, 0.29) is 21.0 Å². The molecule has 0 aliphatic carbocycles. The molecule has 162 valence electrons. The summed E-state index contributed by atoms with van der Waals surface area (Å²) in [6.45, 7) is 4.55. The quantitative estimate of drug-likeness (QED) is 0.273. The van der Waals surface area contributed by atoms with Crippen LogP contribution in [0.15, 0.2) is 60.1 Å². The average Bonchev–Trinajstić information content (AvgIpc) is 3.11. The van der Waals surface area contributed by atoms with Gasteiger partial charge >= 0.3 is 5.91 Å². The van der Waals surface area contributed by atoms with Crippen LogP contribution in [0.5, 0.6) is 0 Å². The van der Waals surface area contributed by atoms with E-state index in [1.54, 1.807) is 24.5 Å². The number of nitrogens with zero attached hydrogens (tertiary/aromatic N) is 4. The molecule has 9 heteroatoms. The lowest BCUT2D eigenvalue weighted by atomic mass is 10.0. The third-order valence-corrected chi connectivity index (χ3v) is 5.76. The van der Waals surface area contributed by atoms with Crippen LogP contribution < -0.4 is 5.36 Å². The number of carbonyl (C=O) groups is 2. The van der Waals surface area contributed by atoms with E-state index in [9.17, 15) is 14.8 Å². The average molecular weight is 469 g/mol. The van der Waals surface area contributed by atoms with Crippen LogP contribution in [-0.2, 0) is 11.3 Å². The first-order valence-electron chi connectivity index (χ1n) is 9.65. The molecule has 0 saturated carbocycles. The van der Waals surface area contributed by atoms with Crippen molar-refractivity contribution >= 4 is 45.9 Å². The van der Waals surface area contributed by atoms with Crippen LogP contribution in [0.25, 0.3) is 11.0 Å². The first kappa shape index (κ1) is 21.8. The van der Waals surface area contributed by atoms with E-state index in [2.05, 4.69) is 9.98 Å². The van der Waals surface area contributed by atoms with Crippen LogP contribution in [0.3, 0.4) is 0 Å². The lowest BCUT2D eigenvalue weighted by Crippen LogP contribution is -2.18. The van der Waals surface area contributed by atoms with Gasteiger partial charge in [0.05, 0.1) is 28.0 Å². The van der Waals surface area contributed by atoms with Crippen molar-refractivity contribution in [2.24, 2.45) is 4.99 Å². The second-order valence-electron chi connectivity index (χ2n) is 7.34. The van der Waals surface area contributed by atoms with Crippen molar-refractivity contribution in [3.8, 4) is 0 Å². The third kappa shape index (κ3) is 4.04. The number of aryl methyl sites for hydroxylation is 2. The van der Waals surface area contributed by atoms with Gasteiger partial charge in [-0.15, -0.1) is 0 Å². The molecular formula is C23H18Cl2N4O3. The number of rotatable bonds is 4. The minimum Gasteiger partial charge on any atom is -0.429 e. The summed E-state index contributed by atoms with van der Waals surface area (Å²) in [6, 6.07) is 9.49. The largest absolute Gasteiger partial charge is 0.429 e. The Morgan fingerprint density at radius 2 is 1.69 bits per heavy atom. The highest BCUT2D eigenvalue weighted by Gasteiger charge is 2.22. The molecule has 0 atom stereocenters. The molecule has 1 amide bonds. The van der Waals surface area contributed by atoms with Gasteiger partial charge in [0.2, 0.25) is 0 Å². The highest BCUT2D eigenvalue weighted by molar-refractivity contribution is 6.45. The molecule has 0 bridgehead atoms. The fraction of sp³-hybridized carbons (Fsp3) is 0.130. The number of aromatic nitrogens is 3. The predicted molar refractivity (Wildman–Crippen MR) is 121 cm³/mol. The molecule has 0 saturated heterocycles. The molecule has 0 aliphatic rings. The Morgan fingerprint density at radius 1 is 1.03 bits per heavy atom. The van der Waals surface area contributed by atoms with E-state index >= 15 is 0 Å². The van der Waals surface area contributed by atoms with E-state index in [1.165, 1.54) is 0 Å². The fourth-order valence-corrected chi connectivity index (χ4v) is 4.11. The lowest BCUT2D eigenvalue weighted by molar-refractivity contribution is -0.114. The monoisotopic (exact) mass is 468 g/mol. The van der Waals surface area contributed by atoms with E-state index in [0.29, 0.717) is 22.3 Å². The maximum Gasteiger partial charge on any atom is 0.318 e. The van der Waals surface area contributed by atoms with Crippen molar-refractivity contribution in [1.29, 1.82) is 0 Å². The van der Waals surface area contributed by atoms with Crippen LogP contribution in [-0.4, -0.2) is 31.2 Å². The van der Waals surface area contributed by atoms with Crippen LogP contribution in [0.2, 0.25) is 10.0 Å². The van der Waals surface area contributed by atoms with Gasteiger partial charge in [0.25, 0.3) is 5.78 Å². The maximum absolute atomic E-state index is 13.0. The summed E-state index contributed by atoms with van der Waals surface area (Å²) in [5.74, 6) is -1.84. The Morgan fingerprint density at radius 3 is 2.34 bits per heavy atom. The van der Waals surface area contributed by atoms with Gasteiger partial charge in [-0.1, -0.05) is 41.4 Å². The smallest absolute Gasteiger partial charge is 0.318 e. The van der Waals surface area contributed by atoms with E-state index < -0.39 is 11.7 Å². The summed E-state index contributed by atoms with van der Waals surface area (Å²) in [4.78, 5) is 33.9. The fourth-order valence-electron chi connectivity index (χ4n) is 3.57. The molecule has 1 aromatic carbocycles. The Labute approximate surface area is 193 Å². The third-order valence-electron chi connectivity index (χ3n) is 5.20. The van der Waals surface area contributed by atoms with E-state index in [1.807, 2.05) is 36.6 Å². The molecule has 3 aromatic heterocycles. The number of hydrogen-bond donors (Lipinski definition) is 1. The molecular weight excluding hydrogens is 451 g/mol. The highest BCUT2D eigenvalue weighted by atomic mass is 35.5. The summed E-state index contributed by atoms with van der Waals surface area (Å²) in [6.07, 6.45) is 5.49. The van der Waals surface area contributed by atoms with Crippen LogP contribution >= 0.6 is 23.2 Å². The van der Waals surface area contributed by atoms with Crippen LogP contribution in [0.4, 0.5) is 0 Å². The van der Waals surface area contributed by atoms with Crippen molar-refractivity contribution in [1.82, 2.24) is 14.3 Å². The molecule has 32 heavy (non-hydrogen) atoms. The van der Waals surface area contributed by atoms with Gasteiger partial charge in [-0.2, -0.15) is 4.73 Å². The number of hydrogen-bond acceptors (Lipinski definition) is 4. The standard InChI is InChI=1S/C23H18Cl2N4O3/c1-13-5-3-6-14(2)16(13)9-28-10-17(15-7-4-8-26-22(15)28)21(30)23(31)27-20-18(24)11-29(32)12-19(20)25/h3-8,10-12,32H,9H2,1-2H3. The predicted octanol–water partition coefficient (Wildman–Crippen LogP) is 4.36. The van der Waals surface area contributed by atoms with Gasteiger partial charge in [-0.25, -0.2) is 9.98 Å². The lowest BCUT2D eigenvalue weighted by Gasteiger charge is -2.11. The minimum atomic E-state index is -1.03. The zero-order valence-electron chi connectivity index (χ0n) is 17.2. The van der Waals surface area contributed by atoms with Gasteiger partial charge in [-0.05, 0) is 42.7 Å². The zero-order chi connectivity index (χ0) is 23.0. The van der Waals surface area contributed by atoms with Crippen molar-refractivity contribution < 1.29 is 14.8 Å². The Bertz CT molecular complexity index is 1410. The molecule has 1 N–H and O–H groups in total. The Balaban J connectivity index is 1.78. The molecule has 0 aliphatic heterocycles.